The summed E-state index contributed by atoms with van der Waals surface area (Å²) < 4.78 is 5.61. The molecule has 0 fully saturated rings. The maximum absolute atomic E-state index is 8.65. The summed E-state index contributed by atoms with van der Waals surface area (Å²) in [4.78, 5) is 0. The first kappa shape index (κ1) is 11.6. The van der Waals surface area contributed by atoms with Crippen molar-refractivity contribution in [2.75, 3.05) is 0 Å². The fourth-order valence-corrected chi connectivity index (χ4v) is 1.32. The highest BCUT2D eigenvalue weighted by Crippen LogP contribution is 2.20. The van der Waals surface area contributed by atoms with Crippen molar-refractivity contribution in [3.8, 4) is 5.75 Å². The number of ether oxygens (including phenoxy) is 1. The van der Waals surface area contributed by atoms with E-state index in [0.29, 0.717) is 5.71 Å². The Morgan fingerprint density at radius 3 is 2.53 bits per heavy atom. The zero-order chi connectivity index (χ0) is 11.4. The molecule has 1 rings (SSSR count). The lowest BCUT2D eigenvalue weighted by molar-refractivity contribution is 0.241. The molecular weight excluding hydrogens is 190 g/mol. The number of rotatable bonds is 3. The maximum Gasteiger partial charge on any atom is 0.122 e. The number of benzene rings is 1. The van der Waals surface area contributed by atoms with Crippen molar-refractivity contribution >= 4 is 5.71 Å². The quantitative estimate of drug-likeness (QED) is 0.470. The fraction of sp³-hybridized carbons (Fsp3) is 0.417. The number of aryl methyl sites for hydroxylation is 1. The van der Waals surface area contributed by atoms with E-state index in [1.165, 1.54) is 0 Å². The van der Waals surface area contributed by atoms with Gasteiger partial charge in [-0.05, 0) is 57.0 Å². The van der Waals surface area contributed by atoms with E-state index in [-0.39, 0.29) is 6.10 Å². The maximum atomic E-state index is 8.65. The molecule has 0 bridgehead atoms. The molecule has 3 nitrogen and oxygen atoms in total. The van der Waals surface area contributed by atoms with Crippen molar-refractivity contribution in [1.82, 2.24) is 0 Å². The Balaban J connectivity index is 2.98. The van der Waals surface area contributed by atoms with E-state index in [1.807, 2.05) is 39.0 Å². The topological polar surface area (TPSA) is 41.8 Å². The lowest BCUT2D eigenvalue weighted by Crippen LogP contribution is -2.07. The minimum atomic E-state index is 0.169. The van der Waals surface area contributed by atoms with Crippen LogP contribution in [0, 0.1) is 6.92 Å². The van der Waals surface area contributed by atoms with Gasteiger partial charge in [-0.25, -0.2) is 0 Å². The lowest BCUT2D eigenvalue weighted by atomic mass is 10.1. The van der Waals surface area contributed by atoms with Crippen LogP contribution < -0.4 is 4.74 Å². The van der Waals surface area contributed by atoms with Crippen LogP contribution in [0.25, 0.3) is 0 Å². The minimum absolute atomic E-state index is 0.169. The van der Waals surface area contributed by atoms with Gasteiger partial charge in [0, 0.05) is 0 Å². The third kappa shape index (κ3) is 2.98. The van der Waals surface area contributed by atoms with Crippen LogP contribution in [0.5, 0.6) is 5.75 Å². The Labute approximate surface area is 90.4 Å². The molecule has 0 saturated heterocycles. The molecule has 15 heavy (non-hydrogen) atoms. The van der Waals surface area contributed by atoms with E-state index < -0.39 is 0 Å². The molecule has 0 aliphatic heterocycles. The largest absolute Gasteiger partial charge is 0.491 e. The van der Waals surface area contributed by atoms with Crippen molar-refractivity contribution in [2.45, 2.75) is 33.8 Å². The third-order valence-corrected chi connectivity index (χ3v) is 2.11. The van der Waals surface area contributed by atoms with Crippen molar-refractivity contribution in [3.05, 3.63) is 29.3 Å². The zero-order valence-corrected chi connectivity index (χ0v) is 9.61. The minimum Gasteiger partial charge on any atom is -0.491 e. The predicted octanol–water partition coefficient (Wildman–Crippen LogP) is 2.98. The summed E-state index contributed by atoms with van der Waals surface area (Å²) in [5, 5.41) is 11.8. The van der Waals surface area contributed by atoms with E-state index in [9.17, 15) is 0 Å². The SMILES string of the molecule is CC(=NO)c1ccc(OC(C)C)c(C)c1. The van der Waals surface area contributed by atoms with Crippen LogP contribution in [0.4, 0.5) is 0 Å². The second kappa shape index (κ2) is 4.82. The molecule has 1 aromatic carbocycles. The molecule has 1 N–H and O–H groups in total. The van der Waals surface area contributed by atoms with E-state index >= 15 is 0 Å². The van der Waals surface area contributed by atoms with Gasteiger partial charge in [0.1, 0.15) is 5.75 Å². The molecule has 82 valence electrons. The number of hydrogen-bond acceptors (Lipinski definition) is 3. The van der Waals surface area contributed by atoms with Gasteiger partial charge in [-0.15, -0.1) is 0 Å². The van der Waals surface area contributed by atoms with Crippen LogP contribution in [0.1, 0.15) is 31.9 Å². The van der Waals surface area contributed by atoms with Gasteiger partial charge < -0.3 is 9.94 Å². The van der Waals surface area contributed by atoms with Gasteiger partial charge in [-0.3, -0.25) is 0 Å². The van der Waals surface area contributed by atoms with Gasteiger partial charge in [0.2, 0.25) is 0 Å². The Morgan fingerprint density at radius 2 is 2.07 bits per heavy atom. The summed E-state index contributed by atoms with van der Waals surface area (Å²) in [6.45, 7) is 7.73. The van der Waals surface area contributed by atoms with Crippen LogP contribution in [0.15, 0.2) is 23.4 Å². The van der Waals surface area contributed by atoms with Crippen molar-refractivity contribution in [2.24, 2.45) is 5.16 Å². The van der Waals surface area contributed by atoms with Crippen LogP contribution in [0.2, 0.25) is 0 Å². The number of nitrogens with zero attached hydrogens (tertiary/aromatic N) is 1. The zero-order valence-electron chi connectivity index (χ0n) is 9.61. The average molecular weight is 207 g/mol. The van der Waals surface area contributed by atoms with Crippen LogP contribution >= 0.6 is 0 Å². The molecule has 0 amide bonds. The Bertz CT molecular complexity index is 370. The van der Waals surface area contributed by atoms with Gasteiger partial charge >= 0.3 is 0 Å². The van der Waals surface area contributed by atoms with Gasteiger partial charge in [0.15, 0.2) is 0 Å². The molecule has 0 atom stereocenters. The standard InChI is InChI=1S/C12H17NO2/c1-8(2)15-12-6-5-11(7-9(12)3)10(4)13-14/h5-8,14H,1-4H3. The molecule has 0 unspecified atom stereocenters. The predicted molar refractivity (Wildman–Crippen MR) is 60.9 cm³/mol. The van der Waals surface area contributed by atoms with Crippen molar-refractivity contribution in [3.63, 3.8) is 0 Å². The highest BCUT2D eigenvalue weighted by Gasteiger charge is 2.04. The first-order valence-electron chi connectivity index (χ1n) is 5.01. The average Bonchev–Trinajstić information content (AvgIpc) is 2.19. The summed E-state index contributed by atoms with van der Waals surface area (Å²) in [7, 11) is 0. The van der Waals surface area contributed by atoms with E-state index in [0.717, 1.165) is 16.9 Å². The van der Waals surface area contributed by atoms with Crippen molar-refractivity contribution in [1.29, 1.82) is 0 Å². The normalized spacial score (nSPS) is 11.9. The molecule has 0 saturated carbocycles. The molecular formula is C12H17NO2. The third-order valence-electron chi connectivity index (χ3n) is 2.11. The molecule has 0 aliphatic rings. The fourth-order valence-electron chi connectivity index (χ4n) is 1.32. The Hall–Kier alpha value is -1.51. The first-order valence-corrected chi connectivity index (χ1v) is 5.01. The first-order chi connectivity index (χ1) is 7.04. The van der Waals surface area contributed by atoms with E-state index in [1.54, 1.807) is 6.92 Å². The summed E-state index contributed by atoms with van der Waals surface area (Å²) in [6.07, 6.45) is 0.169. The highest BCUT2D eigenvalue weighted by atomic mass is 16.5. The highest BCUT2D eigenvalue weighted by molar-refractivity contribution is 5.98. The summed E-state index contributed by atoms with van der Waals surface area (Å²) in [6, 6.07) is 5.74. The molecule has 1 aromatic rings. The van der Waals surface area contributed by atoms with E-state index in [4.69, 9.17) is 9.94 Å². The molecule has 0 heterocycles. The monoisotopic (exact) mass is 207 g/mol. The lowest BCUT2D eigenvalue weighted by Gasteiger charge is -2.13. The summed E-state index contributed by atoms with van der Waals surface area (Å²) in [5.74, 6) is 0.875. The second-order valence-electron chi connectivity index (χ2n) is 3.83. The Morgan fingerprint density at radius 1 is 1.40 bits per heavy atom. The van der Waals surface area contributed by atoms with Gasteiger partial charge in [-0.2, -0.15) is 0 Å². The van der Waals surface area contributed by atoms with Crippen LogP contribution in [0.3, 0.4) is 0 Å². The summed E-state index contributed by atoms with van der Waals surface area (Å²) >= 11 is 0. The molecule has 0 aliphatic carbocycles. The smallest absolute Gasteiger partial charge is 0.122 e. The summed E-state index contributed by atoms with van der Waals surface area (Å²) in [5.41, 5.74) is 2.56. The van der Waals surface area contributed by atoms with Gasteiger partial charge in [-0.1, -0.05) is 5.16 Å². The molecule has 0 radical (unpaired) electrons. The molecule has 0 aromatic heterocycles. The second-order valence-corrected chi connectivity index (χ2v) is 3.83. The van der Waals surface area contributed by atoms with Crippen molar-refractivity contribution < 1.29 is 9.94 Å². The Kier molecular flexibility index (Phi) is 3.72. The number of oxime groups is 1. The number of hydrogen-bond donors (Lipinski definition) is 1. The molecule has 3 heteroatoms. The van der Waals surface area contributed by atoms with Crippen LogP contribution in [-0.4, -0.2) is 17.0 Å². The van der Waals surface area contributed by atoms with Gasteiger partial charge in [0.05, 0.1) is 11.8 Å². The van der Waals surface area contributed by atoms with Gasteiger partial charge in [0.25, 0.3) is 0 Å². The molecule has 0 spiro atoms. The van der Waals surface area contributed by atoms with Crippen LogP contribution in [-0.2, 0) is 0 Å². The van der Waals surface area contributed by atoms with E-state index in [2.05, 4.69) is 5.16 Å².